The zero-order chi connectivity index (χ0) is 29.7. The molecule has 2 atom stereocenters. The Morgan fingerprint density at radius 3 is 1.95 bits per heavy atom. The number of carbonyl (C=O) groups excluding carboxylic acids is 4. The number of halogens is 1. The Morgan fingerprint density at radius 1 is 0.825 bits per heavy atom. The molecule has 2 aromatic carbocycles. The molecular weight excluding hydrogens is 536 g/mol. The van der Waals surface area contributed by atoms with Crippen LogP contribution in [0.15, 0.2) is 54.6 Å². The second-order valence-corrected chi connectivity index (χ2v) is 10.6. The van der Waals surface area contributed by atoms with E-state index < -0.39 is 35.9 Å². The molecule has 11 heteroatoms. The molecule has 0 saturated heterocycles. The Bertz CT molecular complexity index is 1110. The number of carbonyl (C=O) groups is 4. The van der Waals surface area contributed by atoms with Gasteiger partial charge in [-0.05, 0) is 47.9 Å². The molecule has 0 bridgehead atoms. The number of rotatable bonds is 13. The van der Waals surface area contributed by atoms with Crippen LogP contribution in [-0.2, 0) is 32.3 Å². The van der Waals surface area contributed by atoms with Crippen LogP contribution in [0.3, 0.4) is 0 Å². The van der Waals surface area contributed by atoms with Crippen molar-refractivity contribution < 1.29 is 29.0 Å². The van der Waals surface area contributed by atoms with Crippen molar-refractivity contribution >= 4 is 35.4 Å². The van der Waals surface area contributed by atoms with Crippen molar-refractivity contribution in [2.45, 2.75) is 65.8 Å². The van der Waals surface area contributed by atoms with Crippen molar-refractivity contribution in [2.75, 3.05) is 5.88 Å². The minimum Gasteiger partial charge on any atom is -0.508 e. The third kappa shape index (κ3) is 11.5. The predicted octanol–water partition coefficient (Wildman–Crippen LogP) is 3.86. The number of hydrogen-bond acceptors (Lipinski definition) is 6. The molecule has 4 N–H and O–H groups in total. The molecule has 0 spiro atoms. The molecule has 0 aliphatic carbocycles. The van der Waals surface area contributed by atoms with Gasteiger partial charge in [0.15, 0.2) is 0 Å². The molecule has 0 unspecified atom stereocenters. The lowest BCUT2D eigenvalue weighted by atomic mass is 10.0. The zero-order valence-electron chi connectivity index (χ0n) is 23.4. The lowest BCUT2D eigenvalue weighted by Gasteiger charge is -2.28. The average Bonchev–Trinajstić information content (AvgIpc) is 2.91. The van der Waals surface area contributed by atoms with Crippen LogP contribution in [-0.4, -0.2) is 51.9 Å². The number of alkyl halides is 1. The van der Waals surface area contributed by atoms with Crippen LogP contribution in [0, 0.1) is 11.8 Å². The van der Waals surface area contributed by atoms with E-state index in [0.717, 1.165) is 10.6 Å². The van der Waals surface area contributed by atoms with Crippen LogP contribution in [0.25, 0.3) is 0 Å². The van der Waals surface area contributed by atoms with Gasteiger partial charge >= 0.3 is 6.09 Å². The highest BCUT2D eigenvalue weighted by atomic mass is 35.5. The summed E-state index contributed by atoms with van der Waals surface area (Å²) in [6, 6.07) is 13.4. The lowest BCUT2D eigenvalue weighted by molar-refractivity contribution is -0.142. The van der Waals surface area contributed by atoms with E-state index in [0.29, 0.717) is 12.0 Å². The Balaban J connectivity index is 2.11. The highest BCUT2D eigenvalue weighted by molar-refractivity contribution is 6.27. The number of nitrogens with one attached hydrogen (secondary N) is 3. The Morgan fingerprint density at radius 2 is 1.40 bits per heavy atom. The number of ether oxygens (including phenoxy) is 1. The first-order chi connectivity index (χ1) is 19.0. The number of nitrogens with zero attached hydrogens (tertiary/aromatic N) is 1. The molecule has 0 fully saturated rings. The van der Waals surface area contributed by atoms with Crippen LogP contribution in [0.5, 0.6) is 5.75 Å². The van der Waals surface area contributed by atoms with Gasteiger partial charge in [0.25, 0.3) is 11.8 Å². The quantitative estimate of drug-likeness (QED) is 0.212. The maximum Gasteiger partial charge on any atom is 0.408 e. The summed E-state index contributed by atoms with van der Waals surface area (Å²) in [5.41, 5.74) is 4.03. The molecule has 0 aliphatic rings. The van der Waals surface area contributed by atoms with Gasteiger partial charge in [0.1, 0.15) is 30.3 Å². The normalized spacial score (nSPS) is 12.4. The molecule has 0 heterocycles. The number of amides is 4. The number of phenolic OH excluding ortho intramolecular Hbond substituents is 1. The zero-order valence-corrected chi connectivity index (χ0v) is 24.1. The first-order valence-electron chi connectivity index (χ1n) is 13.2. The summed E-state index contributed by atoms with van der Waals surface area (Å²) in [5.74, 6) is -1.91. The summed E-state index contributed by atoms with van der Waals surface area (Å²) in [6.45, 7) is 7.67. The van der Waals surface area contributed by atoms with E-state index in [2.05, 4.69) is 16.1 Å². The van der Waals surface area contributed by atoms with Crippen molar-refractivity contribution in [1.82, 2.24) is 21.1 Å². The van der Waals surface area contributed by atoms with Gasteiger partial charge in [0.2, 0.25) is 5.91 Å². The molecule has 2 aromatic rings. The Kier molecular flexibility index (Phi) is 13.2. The fourth-order valence-corrected chi connectivity index (χ4v) is 3.99. The summed E-state index contributed by atoms with van der Waals surface area (Å²) in [7, 11) is 0. The largest absolute Gasteiger partial charge is 0.508 e. The molecule has 0 aromatic heterocycles. The van der Waals surface area contributed by atoms with Gasteiger partial charge in [-0.25, -0.2) is 9.80 Å². The number of hydrogen-bond donors (Lipinski definition) is 4. The van der Waals surface area contributed by atoms with Crippen LogP contribution >= 0.6 is 11.6 Å². The molecule has 4 amide bonds. The Labute approximate surface area is 240 Å². The number of benzene rings is 2. The minimum absolute atomic E-state index is 0.00467. The van der Waals surface area contributed by atoms with Gasteiger partial charge in [-0.3, -0.25) is 19.8 Å². The van der Waals surface area contributed by atoms with Gasteiger partial charge in [0, 0.05) is 0 Å². The summed E-state index contributed by atoms with van der Waals surface area (Å²) in [5, 5.41) is 16.0. The van der Waals surface area contributed by atoms with Gasteiger partial charge in [0.05, 0.1) is 6.54 Å². The van der Waals surface area contributed by atoms with E-state index >= 15 is 0 Å². The fourth-order valence-electron chi connectivity index (χ4n) is 3.84. The number of hydrazine groups is 1. The van der Waals surface area contributed by atoms with Crippen LogP contribution in [0.4, 0.5) is 4.79 Å². The maximum atomic E-state index is 13.3. The molecular formula is C29H39ClN4O6. The number of phenols is 1. The van der Waals surface area contributed by atoms with Gasteiger partial charge < -0.3 is 20.5 Å². The van der Waals surface area contributed by atoms with Gasteiger partial charge in [-0.1, -0.05) is 70.2 Å². The van der Waals surface area contributed by atoms with Crippen LogP contribution < -0.4 is 16.1 Å². The van der Waals surface area contributed by atoms with E-state index in [1.165, 1.54) is 12.1 Å². The number of aromatic hydroxyl groups is 1. The monoisotopic (exact) mass is 574 g/mol. The first-order valence-corrected chi connectivity index (χ1v) is 13.7. The second-order valence-electron chi connectivity index (χ2n) is 10.3. The van der Waals surface area contributed by atoms with Crippen molar-refractivity contribution in [3.8, 4) is 5.75 Å². The van der Waals surface area contributed by atoms with Crippen molar-refractivity contribution in [3.05, 3.63) is 65.7 Å². The third-order valence-corrected chi connectivity index (χ3v) is 6.03. The summed E-state index contributed by atoms with van der Waals surface area (Å²) >= 11 is 5.77. The first kappa shape index (κ1) is 32.4. The minimum atomic E-state index is -0.991. The molecule has 2 rings (SSSR count). The number of alkyl carbamates (subject to hydrolysis) is 1. The summed E-state index contributed by atoms with van der Waals surface area (Å²) in [6.07, 6.45) is -0.144. The fraction of sp³-hybridized carbons (Fsp3) is 0.448. The Hall–Kier alpha value is -3.79. The van der Waals surface area contributed by atoms with E-state index in [-0.39, 0.29) is 43.0 Å². The maximum absolute atomic E-state index is 13.3. The SMILES string of the molecule is CC(C)C[C@H](NC(=O)OCc1ccccc1)C(=O)N[C@@H](CC(C)C)C(=O)NN(Cc1ccc(O)cc1)C(=O)CCl. The average molecular weight is 575 g/mol. The van der Waals surface area contributed by atoms with Crippen molar-refractivity contribution in [1.29, 1.82) is 0 Å². The van der Waals surface area contributed by atoms with E-state index in [4.69, 9.17) is 16.3 Å². The molecule has 218 valence electrons. The van der Waals surface area contributed by atoms with E-state index in [9.17, 15) is 24.3 Å². The standard InChI is InChI=1S/C29H39ClN4O6/c1-19(2)14-24(32-29(39)40-18-22-8-6-5-7-9-22)27(37)31-25(15-20(3)4)28(38)33-34(26(36)16-30)17-21-10-12-23(35)13-11-21/h5-13,19-20,24-25,35H,14-18H2,1-4H3,(H,31,37)(H,32,39)(H,33,38)/t24-,25-/m0/s1. The molecule has 0 saturated carbocycles. The smallest absolute Gasteiger partial charge is 0.408 e. The topological polar surface area (TPSA) is 137 Å². The summed E-state index contributed by atoms with van der Waals surface area (Å²) in [4.78, 5) is 51.6. The van der Waals surface area contributed by atoms with Gasteiger partial charge in [-0.2, -0.15) is 0 Å². The van der Waals surface area contributed by atoms with Crippen molar-refractivity contribution in [3.63, 3.8) is 0 Å². The van der Waals surface area contributed by atoms with E-state index in [1.54, 1.807) is 12.1 Å². The lowest BCUT2D eigenvalue weighted by Crippen LogP contribution is -2.57. The predicted molar refractivity (Wildman–Crippen MR) is 152 cm³/mol. The summed E-state index contributed by atoms with van der Waals surface area (Å²) < 4.78 is 5.28. The van der Waals surface area contributed by atoms with Crippen LogP contribution in [0.2, 0.25) is 0 Å². The molecule has 40 heavy (non-hydrogen) atoms. The molecule has 10 nitrogen and oxygen atoms in total. The highest BCUT2D eigenvalue weighted by Gasteiger charge is 2.30. The third-order valence-electron chi connectivity index (χ3n) is 5.81. The molecule has 0 radical (unpaired) electrons. The van der Waals surface area contributed by atoms with E-state index in [1.807, 2.05) is 58.0 Å². The second kappa shape index (κ2) is 16.3. The highest BCUT2D eigenvalue weighted by Crippen LogP contribution is 2.13. The van der Waals surface area contributed by atoms with Crippen LogP contribution in [0.1, 0.15) is 51.7 Å². The molecule has 0 aliphatic heterocycles. The van der Waals surface area contributed by atoms with Gasteiger partial charge in [-0.15, -0.1) is 11.6 Å². The van der Waals surface area contributed by atoms with Crippen molar-refractivity contribution in [2.24, 2.45) is 11.8 Å².